The molecule has 0 radical (unpaired) electrons. The van der Waals surface area contributed by atoms with Crippen LogP contribution in [0.1, 0.15) is 54.5 Å². The van der Waals surface area contributed by atoms with Gasteiger partial charge in [-0.1, -0.05) is 24.3 Å². The number of methoxy groups -OCH3 is 1. The highest BCUT2D eigenvalue weighted by molar-refractivity contribution is 6.03. The molecule has 3 aromatic carbocycles. The normalized spacial score (nSPS) is 18.8. The molecule has 2 fully saturated rings. The summed E-state index contributed by atoms with van der Waals surface area (Å²) in [6.07, 6.45) is -1.30. The van der Waals surface area contributed by atoms with E-state index in [1.54, 1.807) is 41.3 Å². The van der Waals surface area contributed by atoms with Gasteiger partial charge in [-0.2, -0.15) is 0 Å². The van der Waals surface area contributed by atoms with Gasteiger partial charge in [0.1, 0.15) is 17.3 Å². The third-order valence-corrected chi connectivity index (χ3v) is 7.61. The molecule has 3 N–H and O–H groups in total. The third kappa shape index (κ3) is 6.28. The van der Waals surface area contributed by atoms with Crippen LogP contribution in [0, 0.1) is 11.7 Å². The number of carbonyl (C=O) groups excluding carboxylic acids is 4. The Morgan fingerprint density at radius 3 is 2.33 bits per heavy atom. The fourth-order valence-corrected chi connectivity index (χ4v) is 5.28. The number of ether oxygens (including phenoxy) is 1. The predicted octanol–water partition coefficient (Wildman–Crippen LogP) is 4.05. The molecule has 4 amide bonds. The second-order valence-electron chi connectivity index (χ2n) is 10.3. The van der Waals surface area contributed by atoms with Crippen LogP contribution in [-0.2, 0) is 25.8 Å². The standard InChI is InChI=1S/C31H30FN3O8/c1-42-22-10-11-23(26(37)16-22)29-24(12-13-25(36)19-4-6-20(32)7-5-19)30(40)34(29)21-8-2-18(3-9-21)17-33-31(41)43-35-27(38)14-15-28(35)39/h2-11,16,24-25,29,36-37H,12-15,17H2,1H3,(H,33,41)/t24-,25+,29-/m1/s1. The SMILES string of the molecule is COc1ccc([C@@H]2[C@@H](CC[C@H](O)c3ccc(F)cc3)C(=O)N2c2ccc(CNC(=O)ON3C(=O)CCC3=O)cc2)c(O)c1. The Balaban J connectivity index is 1.28. The van der Waals surface area contributed by atoms with Gasteiger partial charge in [0.25, 0.3) is 11.8 Å². The molecule has 0 aromatic heterocycles. The van der Waals surface area contributed by atoms with Crippen LogP contribution in [0.15, 0.2) is 66.7 Å². The number of phenolic OH excluding ortho intramolecular Hbond substituents is 1. The summed E-state index contributed by atoms with van der Waals surface area (Å²) in [4.78, 5) is 55.1. The maximum Gasteiger partial charge on any atom is 0.432 e. The lowest BCUT2D eigenvalue weighted by Gasteiger charge is -2.48. The second kappa shape index (κ2) is 12.5. The fraction of sp³-hybridized carbons (Fsp3) is 0.290. The fourth-order valence-electron chi connectivity index (χ4n) is 5.28. The number of aromatic hydroxyl groups is 1. The largest absolute Gasteiger partial charge is 0.507 e. The van der Waals surface area contributed by atoms with Crippen LogP contribution in [0.25, 0.3) is 0 Å². The molecule has 2 aliphatic rings. The van der Waals surface area contributed by atoms with E-state index in [1.807, 2.05) is 0 Å². The van der Waals surface area contributed by atoms with Gasteiger partial charge in [0.05, 0.1) is 25.2 Å². The van der Waals surface area contributed by atoms with Crippen molar-refractivity contribution in [2.24, 2.45) is 5.92 Å². The molecule has 3 aromatic rings. The molecular weight excluding hydrogens is 561 g/mol. The number of nitrogens with zero attached hydrogens (tertiary/aromatic N) is 2. The molecule has 2 saturated heterocycles. The Morgan fingerprint density at radius 1 is 1.02 bits per heavy atom. The molecule has 0 bridgehead atoms. The van der Waals surface area contributed by atoms with Gasteiger partial charge in [0, 0.05) is 36.7 Å². The first kappa shape index (κ1) is 29.5. The van der Waals surface area contributed by atoms with E-state index >= 15 is 0 Å². The van der Waals surface area contributed by atoms with E-state index in [2.05, 4.69) is 5.32 Å². The summed E-state index contributed by atoms with van der Waals surface area (Å²) in [5.41, 5.74) is 2.28. The van der Waals surface area contributed by atoms with Crippen molar-refractivity contribution in [3.05, 3.63) is 89.2 Å². The van der Waals surface area contributed by atoms with Crippen LogP contribution in [0.3, 0.4) is 0 Å². The smallest absolute Gasteiger partial charge is 0.432 e. The molecule has 43 heavy (non-hydrogen) atoms. The maximum atomic E-state index is 13.4. The number of nitrogens with one attached hydrogen (secondary N) is 1. The number of rotatable bonds is 10. The first-order chi connectivity index (χ1) is 20.7. The molecule has 12 heteroatoms. The molecule has 0 aliphatic carbocycles. The van der Waals surface area contributed by atoms with Gasteiger partial charge in [-0.25, -0.2) is 9.18 Å². The molecule has 11 nitrogen and oxygen atoms in total. The van der Waals surface area contributed by atoms with Crippen molar-refractivity contribution >= 4 is 29.5 Å². The summed E-state index contributed by atoms with van der Waals surface area (Å²) in [7, 11) is 1.48. The van der Waals surface area contributed by atoms with Crippen LogP contribution in [0.4, 0.5) is 14.9 Å². The van der Waals surface area contributed by atoms with Crippen molar-refractivity contribution in [2.45, 2.75) is 44.4 Å². The minimum atomic E-state index is -0.952. The summed E-state index contributed by atoms with van der Waals surface area (Å²) in [5.74, 6) is -1.89. The number of hydrogen-bond acceptors (Lipinski definition) is 8. The van der Waals surface area contributed by atoms with E-state index < -0.39 is 41.8 Å². The topological polar surface area (TPSA) is 146 Å². The van der Waals surface area contributed by atoms with Crippen LogP contribution in [-0.4, -0.2) is 46.2 Å². The molecule has 2 heterocycles. The number of anilines is 1. The lowest BCUT2D eigenvalue weighted by molar-refractivity contribution is -0.171. The van der Waals surface area contributed by atoms with E-state index in [1.165, 1.54) is 37.4 Å². The van der Waals surface area contributed by atoms with Gasteiger partial charge in [-0.05, 0) is 60.4 Å². The molecule has 0 unspecified atom stereocenters. The van der Waals surface area contributed by atoms with Crippen molar-refractivity contribution < 1.29 is 43.4 Å². The Bertz CT molecular complexity index is 1510. The lowest BCUT2D eigenvalue weighted by atomic mass is 9.78. The van der Waals surface area contributed by atoms with Gasteiger partial charge in [0.15, 0.2) is 0 Å². The van der Waals surface area contributed by atoms with Gasteiger partial charge >= 0.3 is 6.09 Å². The van der Waals surface area contributed by atoms with Crippen LogP contribution in [0.2, 0.25) is 0 Å². The predicted molar refractivity (Wildman–Crippen MR) is 150 cm³/mol. The molecular formula is C31H30FN3O8. The van der Waals surface area contributed by atoms with Crippen LogP contribution < -0.4 is 15.0 Å². The number of β-lactam (4-membered cyclic amide) rings is 1. The minimum Gasteiger partial charge on any atom is -0.507 e. The quantitative estimate of drug-likeness (QED) is 0.237. The molecule has 5 rings (SSSR count). The van der Waals surface area contributed by atoms with Crippen molar-refractivity contribution in [3.8, 4) is 11.5 Å². The van der Waals surface area contributed by atoms with Crippen molar-refractivity contribution in [1.29, 1.82) is 0 Å². The zero-order valence-electron chi connectivity index (χ0n) is 23.2. The average molecular weight is 592 g/mol. The van der Waals surface area contributed by atoms with Crippen molar-refractivity contribution in [1.82, 2.24) is 10.4 Å². The van der Waals surface area contributed by atoms with Gasteiger partial charge in [-0.3, -0.25) is 14.4 Å². The number of amides is 4. The van der Waals surface area contributed by atoms with E-state index in [9.17, 15) is 33.8 Å². The van der Waals surface area contributed by atoms with E-state index in [0.29, 0.717) is 39.6 Å². The molecule has 0 spiro atoms. The molecule has 2 aliphatic heterocycles. The van der Waals surface area contributed by atoms with Crippen molar-refractivity contribution in [2.75, 3.05) is 12.0 Å². The Labute approximate surface area is 246 Å². The number of aliphatic hydroxyl groups excluding tert-OH is 1. The molecule has 0 saturated carbocycles. The number of hydroxylamine groups is 2. The van der Waals surface area contributed by atoms with Crippen molar-refractivity contribution in [3.63, 3.8) is 0 Å². The summed E-state index contributed by atoms with van der Waals surface area (Å²) in [5, 5.41) is 24.4. The average Bonchev–Trinajstić information content (AvgIpc) is 3.32. The van der Waals surface area contributed by atoms with Crippen LogP contribution in [0.5, 0.6) is 11.5 Å². The van der Waals surface area contributed by atoms with Gasteiger partial charge in [-0.15, -0.1) is 5.06 Å². The van der Waals surface area contributed by atoms with Gasteiger partial charge in [0.2, 0.25) is 5.91 Å². The summed E-state index contributed by atoms with van der Waals surface area (Å²) >= 11 is 0. The number of imide groups is 1. The monoisotopic (exact) mass is 591 g/mol. The number of aliphatic hydroxyl groups is 1. The summed E-state index contributed by atoms with van der Waals surface area (Å²) < 4.78 is 18.5. The lowest BCUT2D eigenvalue weighted by Crippen LogP contribution is -2.55. The number of hydrogen-bond donors (Lipinski definition) is 3. The highest BCUT2D eigenvalue weighted by atomic mass is 19.1. The first-order valence-corrected chi connectivity index (χ1v) is 13.7. The van der Waals surface area contributed by atoms with Gasteiger partial charge < -0.3 is 30.0 Å². The number of phenols is 1. The molecule has 224 valence electrons. The number of benzene rings is 3. The van der Waals surface area contributed by atoms with E-state index in [-0.39, 0.29) is 37.5 Å². The third-order valence-electron chi connectivity index (χ3n) is 7.61. The Morgan fingerprint density at radius 2 is 1.70 bits per heavy atom. The van der Waals surface area contributed by atoms with Crippen LogP contribution >= 0.6 is 0 Å². The number of carbonyl (C=O) groups is 4. The first-order valence-electron chi connectivity index (χ1n) is 13.7. The Kier molecular flexibility index (Phi) is 8.58. The second-order valence-corrected chi connectivity index (χ2v) is 10.3. The van der Waals surface area contributed by atoms with E-state index in [4.69, 9.17) is 9.57 Å². The summed E-state index contributed by atoms with van der Waals surface area (Å²) in [6, 6.07) is 16.7. The highest BCUT2D eigenvalue weighted by Crippen LogP contribution is 2.49. The zero-order chi connectivity index (χ0) is 30.7. The Hall–Kier alpha value is -4.97. The molecule has 3 atom stereocenters. The van der Waals surface area contributed by atoms with E-state index in [0.717, 1.165) is 0 Å². The number of halogens is 1. The highest BCUT2D eigenvalue weighted by Gasteiger charge is 2.49. The minimum absolute atomic E-state index is 0.00617. The maximum absolute atomic E-state index is 13.4. The summed E-state index contributed by atoms with van der Waals surface area (Å²) in [6.45, 7) is 0.0376. The zero-order valence-corrected chi connectivity index (χ0v) is 23.2.